The number of benzene rings is 2. The van der Waals surface area contributed by atoms with Crippen molar-refractivity contribution in [1.82, 2.24) is 10.2 Å². The average molecular weight is 488 g/mol. The van der Waals surface area contributed by atoms with Crippen molar-refractivity contribution in [3.63, 3.8) is 0 Å². The van der Waals surface area contributed by atoms with Crippen LogP contribution in [0, 0.1) is 5.41 Å². The maximum Gasteiger partial charge on any atom is 0.272 e. The second-order valence-corrected chi connectivity index (χ2v) is 9.69. The van der Waals surface area contributed by atoms with E-state index in [-0.39, 0.29) is 24.7 Å². The molecule has 1 aliphatic carbocycles. The van der Waals surface area contributed by atoms with E-state index in [2.05, 4.69) is 15.5 Å². The van der Waals surface area contributed by atoms with Gasteiger partial charge in [-0.3, -0.25) is 9.59 Å². The van der Waals surface area contributed by atoms with Gasteiger partial charge in [0.05, 0.1) is 5.41 Å². The second kappa shape index (κ2) is 12.2. The lowest BCUT2D eigenvalue weighted by atomic mass is 9.95. The van der Waals surface area contributed by atoms with Gasteiger partial charge in [-0.2, -0.15) is 0 Å². The van der Waals surface area contributed by atoms with Crippen LogP contribution < -0.4 is 10.6 Å². The number of hydrogen-bond acceptors (Lipinski definition) is 4. The van der Waals surface area contributed by atoms with E-state index in [0.29, 0.717) is 30.8 Å². The minimum absolute atomic E-state index is 0. The maximum absolute atomic E-state index is 13.8. The summed E-state index contributed by atoms with van der Waals surface area (Å²) in [6, 6.07) is 13.6. The van der Waals surface area contributed by atoms with Crippen LogP contribution in [-0.2, 0) is 22.1 Å². The third kappa shape index (κ3) is 8.42. The summed E-state index contributed by atoms with van der Waals surface area (Å²) in [5, 5.41) is 6.02. The van der Waals surface area contributed by atoms with E-state index in [9.17, 15) is 18.4 Å². The number of halogens is 2. The molecule has 1 amide bonds. The van der Waals surface area contributed by atoms with Crippen LogP contribution in [0.5, 0.6) is 0 Å². The van der Waals surface area contributed by atoms with Crippen LogP contribution in [0.2, 0.25) is 0 Å². The lowest BCUT2D eigenvalue weighted by Gasteiger charge is -2.17. The van der Waals surface area contributed by atoms with Gasteiger partial charge in [-0.1, -0.05) is 37.8 Å². The standard InChI is InChI=1S/C27H35F2N3O2.CH4/c1-26(28,29)23-9-4-5-10-24(23)31-21-13-11-20(12-14-21)19-30-25(34)27(15-16-27)18-22(33)8-6-7-17-32(2)3;/h4-5,9-14,31H,6-8,15-19H2,1-3H3,(H,30,34);1H4. The van der Waals surface area contributed by atoms with Crippen molar-refractivity contribution < 1.29 is 18.4 Å². The summed E-state index contributed by atoms with van der Waals surface area (Å²) in [5.41, 5.74) is 1.35. The minimum Gasteiger partial charge on any atom is -0.355 e. The Balaban J connectivity index is 0.00000432. The summed E-state index contributed by atoms with van der Waals surface area (Å²) in [5.74, 6) is -2.84. The molecule has 7 heteroatoms. The Hall–Kier alpha value is -2.80. The number of nitrogens with one attached hydrogen (secondary N) is 2. The topological polar surface area (TPSA) is 61.4 Å². The Bertz CT molecular complexity index is 980. The Morgan fingerprint density at radius 3 is 2.29 bits per heavy atom. The van der Waals surface area contributed by atoms with Crippen LogP contribution in [0.15, 0.2) is 48.5 Å². The number of anilines is 2. The molecule has 0 aliphatic heterocycles. The molecule has 2 aromatic carbocycles. The average Bonchev–Trinajstić information content (AvgIpc) is 3.56. The monoisotopic (exact) mass is 487 g/mol. The van der Waals surface area contributed by atoms with Crippen molar-refractivity contribution >= 4 is 23.1 Å². The van der Waals surface area contributed by atoms with Gasteiger partial charge >= 0.3 is 0 Å². The molecule has 5 nitrogen and oxygen atoms in total. The lowest BCUT2D eigenvalue weighted by Crippen LogP contribution is -2.33. The number of hydrogen-bond donors (Lipinski definition) is 2. The number of carbonyl (C=O) groups is 2. The zero-order valence-electron chi connectivity index (χ0n) is 20.3. The highest BCUT2D eigenvalue weighted by molar-refractivity contribution is 5.91. The number of unbranched alkanes of at least 4 members (excludes halogenated alkanes) is 1. The predicted octanol–water partition coefficient (Wildman–Crippen LogP) is 6.27. The Morgan fingerprint density at radius 2 is 1.69 bits per heavy atom. The molecule has 0 unspecified atom stereocenters. The fourth-order valence-electron chi connectivity index (χ4n) is 4.06. The molecule has 192 valence electrons. The molecule has 1 fully saturated rings. The smallest absolute Gasteiger partial charge is 0.272 e. The zero-order valence-corrected chi connectivity index (χ0v) is 20.3. The first-order valence-corrected chi connectivity index (χ1v) is 11.9. The molecule has 35 heavy (non-hydrogen) atoms. The van der Waals surface area contributed by atoms with Crippen molar-refractivity contribution in [2.24, 2.45) is 5.41 Å². The highest BCUT2D eigenvalue weighted by Crippen LogP contribution is 2.49. The fraction of sp³-hybridized carbons (Fsp3) is 0.500. The number of alkyl halides is 2. The van der Waals surface area contributed by atoms with Crippen molar-refractivity contribution in [1.29, 1.82) is 0 Å². The predicted molar refractivity (Wildman–Crippen MR) is 138 cm³/mol. The van der Waals surface area contributed by atoms with Crippen molar-refractivity contribution in [2.75, 3.05) is 26.0 Å². The molecule has 2 N–H and O–H groups in total. The first kappa shape index (κ1) is 28.4. The van der Waals surface area contributed by atoms with Crippen LogP contribution >= 0.6 is 0 Å². The fourth-order valence-corrected chi connectivity index (χ4v) is 4.06. The molecule has 0 bridgehead atoms. The van der Waals surface area contributed by atoms with Crippen LogP contribution in [0.4, 0.5) is 20.2 Å². The molecule has 0 radical (unpaired) electrons. The SMILES string of the molecule is C.CN(C)CCCCC(=O)CC1(C(=O)NCc2ccc(Nc3ccccc3C(C)(F)F)cc2)CC1. The number of ketones is 1. The number of nitrogens with zero attached hydrogens (tertiary/aromatic N) is 1. The van der Waals surface area contributed by atoms with E-state index in [1.54, 1.807) is 30.3 Å². The van der Waals surface area contributed by atoms with Gasteiger partial charge in [0, 0.05) is 43.2 Å². The normalized spacial score (nSPS) is 14.2. The highest BCUT2D eigenvalue weighted by Gasteiger charge is 2.50. The minimum atomic E-state index is -2.94. The number of Topliss-reactive ketones (excluding diaryl/α,β-unsaturated/α-hetero) is 1. The number of carbonyl (C=O) groups excluding carboxylic acids is 2. The molecule has 0 heterocycles. The van der Waals surface area contributed by atoms with Crippen LogP contribution in [0.1, 0.15) is 64.0 Å². The van der Waals surface area contributed by atoms with E-state index in [0.717, 1.165) is 44.7 Å². The van der Waals surface area contributed by atoms with Crippen LogP contribution in [0.25, 0.3) is 0 Å². The third-order valence-corrected chi connectivity index (χ3v) is 6.27. The Labute approximate surface area is 208 Å². The zero-order chi connectivity index (χ0) is 24.8. The highest BCUT2D eigenvalue weighted by atomic mass is 19.3. The molecule has 2 aromatic rings. The largest absolute Gasteiger partial charge is 0.355 e. The van der Waals surface area contributed by atoms with Crippen molar-refractivity contribution in [2.45, 2.75) is 65.3 Å². The molecule has 0 atom stereocenters. The molecule has 1 aliphatic rings. The molecule has 0 aromatic heterocycles. The molecular formula is C28H39F2N3O2. The maximum atomic E-state index is 13.8. The van der Waals surface area contributed by atoms with E-state index in [1.165, 1.54) is 6.07 Å². The van der Waals surface area contributed by atoms with Crippen molar-refractivity contribution in [3.8, 4) is 0 Å². The van der Waals surface area contributed by atoms with Gasteiger partial charge in [0.25, 0.3) is 5.92 Å². The summed E-state index contributed by atoms with van der Waals surface area (Å²) in [4.78, 5) is 27.2. The first-order valence-electron chi connectivity index (χ1n) is 11.9. The van der Waals surface area contributed by atoms with Crippen molar-refractivity contribution in [3.05, 3.63) is 59.7 Å². The lowest BCUT2D eigenvalue weighted by molar-refractivity contribution is -0.131. The number of amides is 1. The number of rotatable bonds is 13. The molecule has 0 spiro atoms. The summed E-state index contributed by atoms with van der Waals surface area (Å²) >= 11 is 0. The third-order valence-electron chi connectivity index (χ3n) is 6.27. The van der Waals surface area contributed by atoms with Gasteiger partial charge in [0.15, 0.2) is 0 Å². The van der Waals surface area contributed by atoms with Gasteiger partial charge in [-0.15, -0.1) is 0 Å². The van der Waals surface area contributed by atoms with Gasteiger partial charge < -0.3 is 15.5 Å². The van der Waals surface area contributed by atoms with E-state index < -0.39 is 11.3 Å². The Kier molecular flexibility index (Phi) is 9.95. The Morgan fingerprint density at radius 1 is 1.03 bits per heavy atom. The van der Waals surface area contributed by atoms with E-state index in [4.69, 9.17) is 0 Å². The quantitative estimate of drug-likeness (QED) is 0.327. The van der Waals surface area contributed by atoms with Gasteiger partial charge in [-0.25, -0.2) is 8.78 Å². The molecule has 3 rings (SSSR count). The van der Waals surface area contributed by atoms with Gasteiger partial charge in [-0.05, 0) is 70.1 Å². The van der Waals surface area contributed by atoms with E-state index >= 15 is 0 Å². The van der Waals surface area contributed by atoms with Gasteiger partial charge in [0.1, 0.15) is 5.78 Å². The van der Waals surface area contributed by atoms with Gasteiger partial charge in [0.2, 0.25) is 5.91 Å². The van der Waals surface area contributed by atoms with E-state index in [1.807, 2.05) is 26.2 Å². The second-order valence-electron chi connectivity index (χ2n) is 9.69. The summed E-state index contributed by atoms with van der Waals surface area (Å²) in [6.07, 6.45) is 4.21. The summed E-state index contributed by atoms with van der Waals surface area (Å²) in [6.45, 7) is 2.21. The van der Waals surface area contributed by atoms with Crippen LogP contribution in [0.3, 0.4) is 0 Å². The number of para-hydroxylation sites is 1. The first-order chi connectivity index (χ1) is 16.1. The summed E-state index contributed by atoms with van der Waals surface area (Å²) < 4.78 is 27.7. The molecule has 1 saturated carbocycles. The summed E-state index contributed by atoms with van der Waals surface area (Å²) in [7, 11) is 4.03. The van der Waals surface area contributed by atoms with Crippen LogP contribution in [-0.4, -0.2) is 37.2 Å². The molecule has 0 saturated heterocycles. The molecular weight excluding hydrogens is 448 g/mol.